The molecule has 0 saturated heterocycles. The number of para-hydroxylation sites is 2. The van der Waals surface area contributed by atoms with Gasteiger partial charge in [-0.15, -0.1) is 0 Å². The van der Waals surface area contributed by atoms with Crippen LogP contribution in [0.3, 0.4) is 0 Å². The van der Waals surface area contributed by atoms with Crippen molar-refractivity contribution in [3.8, 4) is 5.88 Å². The van der Waals surface area contributed by atoms with Gasteiger partial charge in [0, 0.05) is 60.6 Å². The molecule has 3 aromatic rings. The lowest BCUT2D eigenvalue weighted by atomic mass is 9.80. The summed E-state index contributed by atoms with van der Waals surface area (Å²) in [5, 5.41) is 12.0. The van der Waals surface area contributed by atoms with Crippen LogP contribution >= 0.6 is 0 Å². The number of unbranched alkanes of at least 4 members (excludes halogenated alkanes) is 14. The van der Waals surface area contributed by atoms with Crippen molar-refractivity contribution in [2.45, 2.75) is 201 Å². The Morgan fingerprint density at radius 3 is 1.88 bits per heavy atom. The Bertz CT molecular complexity index is 2380. The van der Waals surface area contributed by atoms with Gasteiger partial charge in [0.1, 0.15) is 12.1 Å². The van der Waals surface area contributed by atoms with Crippen molar-refractivity contribution < 1.29 is 9.68 Å². The first-order valence-electron chi connectivity index (χ1n) is 25.9. The maximum Gasteiger partial charge on any atom is 0.333 e. The molecule has 0 fully saturated rings. The van der Waals surface area contributed by atoms with Gasteiger partial charge in [-0.1, -0.05) is 160 Å². The lowest BCUT2D eigenvalue weighted by Crippen LogP contribution is -2.41. The summed E-state index contributed by atoms with van der Waals surface area (Å²) < 4.78 is 5.18. The maximum absolute atomic E-state index is 14.6. The molecule has 1 aromatic heterocycles. The molecule has 2 aromatic carbocycles. The Morgan fingerprint density at radius 1 is 0.646 bits per heavy atom. The van der Waals surface area contributed by atoms with Gasteiger partial charge in [-0.05, 0) is 94.2 Å². The van der Waals surface area contributed by atoms with Crippen LogP contribution in [0, 0.1) is 0 Å². The quantitative estimate of drug-likeness (QED) is 0.0719. The molecule has 0 amide bonds. The van der Waals surface area contributed by atoms with Crippen LogP contribution in [0.25, 0.3) is 5.57 Å². The highest BCUT2D eigenvalue weighted by atomic mass is 16.3. The number of aromatic nitrogens is 2. The van der Waals surface area contributed by atoms with E-state index in [9.17, 15) is 14.7 Å². The minimum Gasteiger partial charge on any atom is -0.494 e. The minimum atomic E-state index is -0.470. The monoisotopic (exact) mass is 884 g/mol. The predicted molar refractivity (Wildman–Crippen MR) is 275 cm³/mol. The molecule has 7 nitrogen and oxygen atoms in total. The van der Waals surface area contributed by atoms with Gasteiger partial charge < -0.3 is 10.0 Å². The van der Waals surface area contributed by atoms with Gasteiger partial charge in [-0.25, -0.2) is 4.79 Å². The highest BCUT2D eigenvalue weighted by Crippen LogP contribution is 2.48. The fraction of sp³-hybridized carbons (Fsp3) is 0.569. The summed E-state index contributed by atoms with van der Waals surface area (Å²) in [5.41, 5.74) is 9.43. The topological polar surface area (TPSA) is 70.5 Å². The molecule has 1 N–H and O–H groups in total. The second-order valence-corrected chi connectivity index (χ2v) is 20.0. The molecule has 6 rings (SSSR count). The van der Waals surface area contributed by atoms with Gasteiger partial charge in [0.25, 0.3) is 5.56 Å². The van der Waals surface area contributed by atoms with Crippen LogP contribution in [0.5, 0.6) is 5.88 Å². The zero-order valence-electron chi connectivity index (χ0n) is 41.7. The van der Waals surface area contributed by atoms with E-state index < -0.39 is 11.2 Å². The molecule has 0 unspecified atom stereocenters. The number of nitrogens with zero attached hydrogens (tertiary/aromatic N) is 4. The van der Waals surface area contributed by atoms with Crippen molar-refractivity contribution >= 4 is 22.7 Å². The van der Waals surface area contributed by atoms with Crippen LogP contribution in [0.1, 0.15) is 194 Å². The molecular formula is C58H83N4O3+. The van der Waals surface area contributed by atoms with E-state index in [2.05, 4.69) is 124 Å². The lowest BCUT2D eigenvalue weighted by Gasteiger charge is -2.28. The highest BCUT2D eigenvalue weighted by molar-refractivity contribution is 6.03. The van der Waals surface area contributed by atoms with Crippen LogP contribution in [0.4, 0.5) is 11.4 Å². The zero-order chi connectivity index (χ0) is 46.6. The van der Waals surface area contributed by atoms with Crippen LogP contribution in [-0.2, 0) is 23.9 Å². The summed E-state index contributed by atoms with van der Waals surface area (Å²) in [6.07, 6.45) is 31.9. The van der Waals surface area contributed by atoms with Crippen molar-refractivity contribution in [3.63, 3.8) is 0 Å². The number of fused-ring (bicyclic) bond motifs is 2. The summed E-state index contributed by atoms with van der Waals surface area (Å²) in [5.74, 6) is -0.240. The Labute approximate surface area is 392 Å². The molecule has 0 atom stereocenters. The lowest BCUT2D eigenvalue weighted by molar-refractivity contribution is -0.438. The maximum atomic E-state index is 14.6. The smallest absolute Gasteiger partial charge is 0.333 e. The summed E-state index contributed by atoms with van der Waals surface area (Å²) in [6, 6.07) is 17.7. The number of benzene rings is 2. The molecule has 65 heavy (non-hydrogen) atoms. The summed E-state index contributed by atoms with van der Waals surface area (Å²) in [4.78, 5) is 30.7. The van der Waals surface area contributed by atoms with E-state index in [0.717, 1.165) is 61.9 Å². The van der Waals surface area contributed by atoms with Gasteiger partial charge in [0.2, 0.25) is 11.6 Å². The van der Waals surface area contributed by atoms with Crippen LogP contribution in [0.2, 0.25) is 0 Å². The van der Waals surface area contributed by atoms with Crippen molar-refractivity contribution in [2.75, 3.05) is 18.0 Å². The molecule has 3 heterocycles. The third-order valence-electron chi connectivity index (χ3n) is 14.8. The number of hydrogen-bond donors (Lipinski definition) is 1. The fourth-order valence-electron chi connectivity index (χ4n) is 11.0. The second-order valence-electron chi connectivity index (χ2n) is 20.0. The number of anilines is 1. The molecule has 352 valence electrons. The Hall–Kier alpha value is -4.65. The molecule has 0 bridgehead atoms. The average molecular weight is 884 g/mol. The van der Waals surface area contributed by atoms with Gasteiger partial charge in [0.15, 0.2) is 5.71 Å². The van der Waals surface area contributed by atoms with Crippen LogP contribution in [-0.4, -0.2) is 37.6 Å². The molecule has 0 radical (unpaired) electrons. The largest absolute Gasteiger partial charge is 0.494 e. The molecule has 3 aliphatic rings. The van der Waals surface area contributed by atoms with Gasteiger partial charge in [-0.3, -0.25) is 13.9 Å². The molecular weight excluding hydrogens is 801 g/mol. The van der Waals surface area contributed by atoms with Crippen molar-refractivity contribution in [1.82, 2.24) is 9.13 Å². The average Bonchev–Trinajstić information content (AvgIpc) is 3.65. The first-order valence-corrected chi connectivity index (χ1v) is 25.9. The van der Waals surface area contributed by atoms with E-state index >= 15 is 0 Å². The van der Waals surface area contributed by atoms with E-state index in [1.807, 2.05) is 13.8 Å². The standard InChI is InChI=1S/C58H82N4O3/c1-9-13-15-17-19-21-23-29-42-61-48-36-27-25-34-46(48)57(5,6)50(61)40-38-44-32-31-33-45(52(44)53-54(63)59(11-3)56(65)60(12-4)55(53)64)39-41-51-58(7,8)47-35-26-28-37-49(47)62(51)43-30-24-22-20-18-16-14-10-2/h25-28,34-41H,9-24,29-33,42-43H2,1-8H3/p+1. The third kappa shape index (κ3) is 11.0. The first kappa shape index (κ1) is 49.8. The van der Waals surface area contributed by atoms with Crippen LogP contribution < -0.4 is 16.1 Å². The van der Waals surface area contributed by atoms with Gasteiger partial charge >= 0.3 is 5.69 Å². The Kier molecular flexibility index (Phi) is 17.8. The summed E-state index contributed by atoms with van der Waals surface area (Å²) in [7, 11) is 0. The Morgan fingerprint density at radius 2 is 1.23 bits per heavy atom. The molecule has 1 aliphatic carbocycles. The van der Waals surface area contributed by atoms with Gasteiger partial charge in [-0.2, -0.15) is 4.58 Å². The number of hydrogen-bond acceptors (Lipinski definition) is 4. The number of aromatic hydroxyl groups is 1. The normalized spacial score (nSPS) is 17.9. The third-order valence-corrected chi connectivity index (χ3v) is 14.8. The molecule has 0 spiro atoms. The van der Waals surface area contributed by atoms with E-state index in [1.54, 1.807) is 0 Å². The fourth-order valence-corrected chi connectivity index (χ4v) is 11.0. The van der Waals surface area contributed by atoms with Crippen molar-refractivity contribution in [3.05, 3.63) is 127 Å². The molecule has 0 saturated carbocycles. The molecule has 2 aliphatic heterocycles. The zero-order valence-corrected chi connectivity index (χ0v) is 41.7. The minimum absolute atomic E-state index is 0.222. The van der Waals surface area contributed by atoms with Gasteiger partial charge in [0.05, 0.1) is 5.41 Å². The first-order chi connectivity index (χ1) is 31.4. The number of rotatable bonds is 24. The second kappa shape index (κ2) is 23.2. The number of allylic oxidation sites excluding steroid dienone is 8. The van der Waals surface area contributed by atoms with Crippen molar-refractivity contribution in [1.29, 1.82) is 0 Å². The van der Waals surface area contributed by atoms with E-state index in [4.69, 9.17) is 0 Å². The molecule has 7 heteroatoms. The Balaban J connectivity index is 1.44. The highest BCUT2D eigenvalue weighted by Gasteiger charge is 2.44. The van der Waals surface area contributed by atoms with E-state index in [0.29, 0.717) is 0 Å². The predicted octanol–water partition coefficient (Wildman–Crippen LogP) is 14.2. The van der Waals surface area contributed by atoms with E-state index in [-0.39, 0.29) is 35.4 Å². The summed E-state index contributed by atoms with van der Waals surface area (Å²) >= 11 is 0. The van der Waals surface area contributed by atoms with E-state index in [1.165, 1.54) is 133 Å². The van der Waals surface area contributed by atoms with Crippen molar-refractivity contribution in [2.24, 2.45) is 0 Å². The van der Waals surface area contributed by atoms with Crippen LogP contribution in [0.15, 0.2) is 99.3 Å². The summed E-state index contributed by atoms with van der Waals surface area (Å²) in [6.45, 7) is 20.0. The SMILES string of the molecule is CCCCCCCCCCN1C(=CC=C2CCCC(C=CC3=[N+](CCCCCCCCCC)c4ccccc4C3(C)C)=C2c2c(O)n(CC)c(=O)n(CC)c2=O)C(C)(C)c2ccccc21.